The maximum Gasteiger partial charge on any atom is 0.325 e. The van der Waals surface area contributed by atoms with Crippen LogP contribution in [0.1, 0.15) is 18.0 Å². The molecule has 0 heterocycles. The number of rotatable bonds is 7. The first-order chi connectivity index (χ1) is 8.97. The van der Waals surface area contributed by atoms with Gasteiger partial charge in [0.15, 0.2) is 0 Å². The summed E-state index contributed by atoms with van der Waals surface area (Å²) in [6.45, 7) is 0.143. The van der Waals surface area contributed by atoms with Gasteiger partial charge in [0.05, 0.1) is 13.5 Å². The topological polar surface area (TPSA) is 87.1 Å². The van der Waals surface area contributed by atoms with Crippen molar-refractivity contribution in [3.8, 4) is 5.75 Å². The molecule has 1 rings (SSSR count). The lowest BCUT2D eigenvalue weighted by Crippen LogP contribution is -2.32. The highest BCUT2D eigenvalue weighted by molar-refractivity contribution is 5.77. The van der Waals surface area contributed by atoms with Gasteiger partial charge in [0.2, 0.25) is 0 Å². The van der Waals surface area contributed by atoms with Gasteiger partial charge in [-0.3, -0.25) is 14.5 Å². The van der Waals surface area contributed by atoms with Crippen LogP contribution in [0.4, 0.5) is 0 Å². The Morgan fingerprint density at radius 2 is 1.95 bits per heavy atom. The van der Waals surface area contributed by atoms with Crippen LogP contribution in [0.15, 0.2) is 24.3 Å². The molecule has 0 aliphatic heterocycles. The molecule has 0 radical (unpaired) electrons. The van der Waals surface area contributed by atoms with E-state index < -0.39 is 18.0 Å². The van der Waals surface area contributed by atoms with Crippen LogP contribution in [-0.4, -0.2) is 47.8 Å². The molecule has 0 bridgehead atoms. The third-order valence-electron chi connectivity index (χ3n) is 2.79. The minimum atomic E-state index is -1.04. The Bertz CT molecular complexity index is 460. The molecule has 104 valence electrons. The maximum absolute atomic E-state index is 11.4. The number of carboxylic acids is 2. The van der Waals surface area contributed by atoms with Gasteiger partial charge in [-0.1, -0.05) is 18.2 Å². The number of nitrogens with zero attached hydrogens (tertiary/aromatic N) is 1. The van der Waals surface area contributed by atoms with Crippen molar-refractivity contribution in [2.24, 2.45) is 0 Å². The molecule has 0 spiro atoms. The smallest absolute Gasteiger partial charge is 0.325 e. The van der Waals surface area contributed by atoms with E-state index in [1.54, 1.807) is 31.3 Å². The number of benzene rings is 1. The highest BCUT2D eigenvalue weighted by Gasteiger charge is 2.27. The monoisotopic (exact) mass is 267 g/mol. The second-order valence-electron chi connectivity index (χ2n) is 4.11. The molecule has 0 saturated heterocycles. The summed E-state index contributed by atoms with van der Waals surface area (Å²) in [5, 5.41) is 18.0. The van der Waals surface area contributed by atoms with Gasteiger partial charge in [0.1, 0.15) is 11.8 Å². The van der Waals surface area contributed by atoms with Crippen LogP contribution < -0.4 is 4.74 Å². The molecule has 2 N–H and O–H groups in total. The van der Waals surface area contributed by atoms with Crippen molar-refractivity contribution in [3.63, 3.8) is 0 Å². The third kappa shape index (κ3) is 3.96. The van der Waals surface area contributed by atoms with Crippen molar-refractivity contribution in [2.75, 3.05) is 20.7 Å². The van der Waals surface area contributed by atoms with Crippen LogP contribution in [0, 0.1) is 0 Å². The van der Waals surface area contributed by atoms with Gasteiger partial charge in [-0.25, -0.2) is 0 Å². The summed E-state index contributed by atoms with van der Waals surface area (Å²) in [4.78, 5) is 23.4. The van der Waals surface area contributed by atoms with E-state index in [9.17, 15) is 14.7 Å². The van der Waals surface area contributed by atoms with E-state index in [0.717, 1.165) is 0 Å². The Balaban J connectivity index is 2.99. The fourth-order valence-corrected chi connectivity index (χ4v) is 1.85. The Morgan fingerprint density at radius 1 is 1.32 bits per heavy atom. The van der Waals surface area contributed by atoms with E-state index in [4.69, 9.17) is 9.84 Å². The van der Waals surface area contributed by atoms with Crippen LogP contribution in [0.2, 0.25) is 0 Å². The first kappa shape index (κ1) is 15.0. The van der Waals surface area contributed by atoms with E-state index in [1.165, 1.54) is 12.0 Å². The molecule has 0 aliphatic carbocycles. The first-order valence-electron chi connectivity index (χ1n) is 5.75. The minimum absolute atomic E-state index is 0.116. The first-order valence-corrected chi connectivity index (χ1v) is 5.75. The van der Waals surface area contributed by atoms with E-state index in [-0.39, 0.29) is 13.0 Å². The Kier molecular flexibility index (Phi) is 5.32. The van der Waals surface area contributed by atoms with Gasteiger partial charge in [0.25, 0.3) is 0 Å². The van der Waals surface area contributed by atoms with Gasteiger partial charge in [-0.05, 0) is 13.1 Å². The van der Waals surface area contributed by atoms with Gasteiger partial charge in [0, 0.05) is 12.1 Å². The van der Waals surface area contributed by atoms with Crippen molar-refractivity contribution in [1.29, 1.82) is 0 Å². The summed E-state index contributed by atoms with van der Waals surface area (Å²) in [6.07, 6.45) is -0.116. The standard InChI is InChI=1S/C13H17NO5/c1-14(8-7-11(15)16)12(13(17)18)9-5-3-4-6-10(9)19-2/h3-6,12H,7-8H2,1-2H3,(H,15,16)(H,17,18). The molecule has 0 fully saturated rings. The Morgan fingerprint density at radius 3 is 2.47 bits per heavy atom. The maximum atomic E-state index is 11.4. The second kappa shape index (κ2) is 6.75. The van der Waals surface area contributed by atoms with Crippen molar-refractivity contribution in [2.45, 2.75) is 12.5 Å². The van der Waals surface area contributed by atoms with Gasteiger partial charge in [-0.15, -0.1) is 0 Å². The zero-order valence-corrected chi connectivity index (χ0v) is 10.9. The quantitative estimate of drug-likeness (QED) is 0.772. The number of para-hydroxylation sites is 1. The van der Waals surface area contributed by atoms with Crippen molar-refractivity contribution in [1.82, 2.24) is 4.90 Å². The van der Waals surface area contributed by atoms with Crippen LogP contribution in [0.3, 0.4) is 0 Å². The zero-order valence-electron chi connectivity index (χ0n) is 10.9. The molecular formula is C13H17NO5. The number of carboxylic acid groups (broad SMARTS) is 2. The fraction of sp³-hybridized carbons (Fsp3) is 0.385. The normalized spacial score (nSPS) is 12.2. The Labute approximate surface area is 111 Å². The molecule has 0 aliphatic rings. The van der Waals surface area contributed by atoms with E-state index in [1.807, 2.05) is 0 Å². The highest BCUT2D eigenvalue weighted by atomic mass is 16.5. The molecule has 0 aromatic heterocycles. The number of aliphatic carboxylic acids is 2. The molecular weight excluding hydrogens is 250 g/mol. The summed E-state index contributed by atoms with van der Waals surface area (Å²) in [6, 6.07) is 5.87. The molecule has 1 atom stereocenters. The largest absolute Gasteiger partial charge is 0.496 e. The SMILES string of the molecule is COc1ccccc1C(C(=O)O)N(C)CCC(=O)O. The van der Waals surface area contributed by atoms with E-state index in [2.05, 4.69) is 0 Å². The van der Waals surface area contributed by atoms with Crippen LogP contribution in [-0.2, 0) is 9.59 Å². The average Bonchev–Trinajstić information content (AvgIpc) is 2.36. The number of carbonyl (C=O) groups is 2. The number of methoxy groups -OCH3 is 1. The van der Waals surface area contributed by atoms with Gasteiger partial charge >= 0.3 is 11.9 Å². The second-order valence-corrected chi connectivity index (χ2v) is 4.11. The van der Waals surface area contributed by atoms with Crippen LogP contribution in [0.25, 0.3) is 0 Å². The summed E-state index contributed by atoms with van der Waals surface area (Å²) in [7, 11) is 3.04. The van der Waals surface area contributed by atoms with Gasteiger partial charge in [-0.2, -0.15) is 0 Å². The predicted molar refractivity (Wildman–Crippen MR) is 68.3 cm³/mol. The summed E-state index contributed by atoms with van der Waals surface area (Å²) >= 11 is 0. The number of hydrogen-bond acceptors (Lipinski definition) is 4. The summed E-state index contributed by atoms with van der Waals surface area (Å²) in [5.74, 6) is -1.54. The molecule has 6 nitrogen and oxygen atoms in total. The lowest BCUT2D eigenvalue weighted by Gasteiger charge is -2.25. The minimum Gasteiger partial charge on any atom is -0.496 e. The number of hydrogen-bond donors (Lipinski definition) is 2. The molecule has 6 heteroatoms. The Hall–Kier alpha value is -2.08. The molecule has 1 aromatic rings. The van der Waals surface area contributed by atoms with E-state index >= 15 is 0 Å². The number of likely N-dealkylation sites (N-methyl/N-ethyl adjacent to an activating group) is 1. The molecule has 0 saturated carbocycles. The average molecular weight is 267 g/mol. The lowest BCUT2D eigenvalue weighted by molar-refractivity contribution is -0.144. The third-order valence-corrected chi connectivity index (χ3v) is 2.79. The van der Waals surface area contributed by atoms with Crippen LogP contribution >= 0.6 is 0 Å². The van der Waals surface area contributed by atoms with Gasteiger partial charge < -0.3 is 14.9 Å². The number of ether oxygens (including phenoxy) is 1. The van der Waals surface area contributed by atoms with E-state index in [0.29, 0.717) is 11.3 Å². The summed E-state index contributed by atoms with van der Waals surface area (Å²) < 4.78 is 5.15. The summed E-state index contributed by atoms with van der Waals surface area (Å²) in [5.41, 5.74) is 0.505. The molecule has 1 aromatic carbocycles. The molecule has 1 unspecified atom stereocenters. The van der Waals surface area contributed by atoms with Crippen LogP contribution in [0.5, 0.6) is 5.75 Å². The molecule has 0 amide bonds. The fourth-order valence-electron chi connectivity index (χ4n) is 1.85. The van der Waals surface area contributed by atoms with Crippen molar-refractivity contribution >= 4 is 11.9 Å². The predicted octanol–water partition coefficient (Wildman–Crippen LogP) is 1.23. The molecule has 19 heavy (non-hydrogen) atoms. The van der Waals surface area contributed by atoms with Crippen molar-refractivity contribution in [3.05, 3.63) is 29.8 Å². The lowest BCUT2D eigenvalue weighted by atomic mass is 10.0. The highest BCUT2D eigenvalue weighted by Crippen LogP contribution is 2.28. The van der Waals surface area contributed by atoms with Crippen molar-refractivity contribution < 1.29 is 24.5 Å². The zero-order chi connectivity index (χ0) is 14.4.